The number of hydrogen-bond acceptors (Lipinski definition) is 6. The Hall–Kier alpha value is -0.730. The summed E-state index contributed by atoms with van der Waals surface area (Å²) in [5.74, 6) is -0.462. The Morgan fingerprint density at radius 1 is 1.33 bits per heavy atom. The summed E-state index contributed by atoms with van der Waals surface area (Å²) >= 11 is 0. The van der Waals surface area contributed by atoms with Crippen molar-refractivity contribution in [2.75, 3.05) is 6.61 Å². The maximum absolute atomic E-state index is 10.7. The number of aliphatic hydroxyl groups is 4. The number of amides is 1. The van der Waals surface area contributed by atoms with Crippen molar-refractivity contribution in [1.29, 1.82) is 0 Å². The monoisotopic (exact) mass is 221 g/mol. The van der Waals surface area contributed by atoms with Crippen molar-refractivity contribution in [3.8, 4) is 0 Å². The Bertz CT molecular complexity index is 235. The van der Waals surface area contributed by atoms with Gasteiger partial charge in [0.05, 0.1) is 6.61 Å². The smallest absolute Gasteiger partial charge is 0.217 e. The summed E-state index contributed by atoms with van der Waals surface area (Å²) < 4.78 is 4.81. The number of rotatable bonds is 2. The van der Waals surface area contributed by atoms with Crippen LogP contribution in [-0.2, 0) is 9.53 Å². The molecule has 5 atom stereocenters. The molecule has 1 fully saturated rings. The van der Waals surface area contributed by atoms with Crippen molar-refractivity contribution >= 4 is 5.91 Å². The molecule has 15 heavy (non-hydrogen) atoms. The fraction of sp³-hybridized carbons (Fsp3) is 0.875. The maximum Gasteiger partial charge on any atom is 0.217 e. The zero-order chi connectivity index (χ0) is 11.6. The lowest BCUT2D eigenvalue weighted by Crippen LogP contribution is -2.63. The third-order valence-electron chi connectivity index (χ3n) is 2.27. The average Bonchev–Trinajstić information content (AvgIpc) is 2.18. The van der Waals surface area contributed by atoms with E-state index in [2.05, 4.69) is 5.32 Å². The summed E-state index contributed by atoms with van der Waals surface area (Å²) in [4.78, 5) is 10.7. The van der Waals surface area contributed by atoms with Crippen LogP contribution in [0.3, 0.4) is 0 Å². The molecule has 0 aromatic heterocycles. The molecule has 0 spiro atoms. The van der Waals surface area contributed by atoms with Gasteiger partial charge in [0.1, 0.15) is 24.4 Å². The predicted molar refractivity (Wildman–Crippen MR) is 47.6 cm³/mol. The Balaban J connectivity index is 2.70. The molecule has 0 bridgehead atoms. The fourth-order valence-electron chi connectivity index (χ4n) is 1.49. The van der Waals surface area contributed by atoms with Crippen LogP contribution in [-0.4, -0.2) is 63.6 Å². The van der Waals surface area contributed by atoms with Crippen molar-refractivity contribution in [1.82, 2.24) is 5.32 Å². The molecule has 1 unspecified atom stereocenters. The third kappa shape index (κ3) is 2.64. The van der Waals surface area contributed by atoms with Crippen molar-refractivity contribution in [3.63, 3.8) is 0 Å². The third-order valence-corrected chi connectivity index (χ3v) is 2.27. The number of nitrogens with one attached hydrogen (secondary N) is 1. The van der Waals surface area contributed by atoms with Gasteiger partial charge in [0.2, 0.25) is 5.91 Å². The highest BCUT2D eigenvalue weighted by atomic mass is 16.6. The lowest BCUT2D eigenvalue weighted by atomic mass is 9.97. The lowest BCUT2D eigenvalue weighted by Gasteiger charge is -2.40. The van der Waals surface area contributed by atoms with Crippen molar-refractivity contribution in [2.24, 2.45) is 0 Å². The van der Waals surface area contributed by atoms with Gasteiger partial charge in [-0.3, -0.25) is 4.79 Å². The van der Waals surface area contributed by atoms with Gasteiger partial charge < -0.3 is 30.5 Å². The van der Waals surface area contributed by atoms with Crippen LogP contribution >= 0.6 is 0 Å². The highest BCUT2D eigenvalue weighted by Gasteiger charge is 2.43. The molecule has 0 saturated carbocycles. The van der Waals surface area contributed by atoms with Gasteiger partial charge in [0, 0.05) is 6.92 Å². The van der Waals surface area contributed by atoms with Crippen LogP contribution < -0.4 is 5.32 Å². The molecule has 7 nitrogen and oxygen atoms in total. The van der Waals surface area contributed by atoms with E-state index >= 15 is 0 Å². The minimum absolute atomic E-state index is 0.462. The molecule has 1 aliphatic rings. The first kappa shape index (κ1) is 12.3. The normalized spacial score (nSPS) is 41.3. The lowest BCUT2D eigenvalue weighted by molar-refractivity contribution is -0.253. The van der Waals surface area contributed by atoms with Crippen LogP contribution in [0.2, 0.25) is 0 Å². The molecular weight excluding hydrogens is 206 g/mol. The molecular formula is C8H15NO6. The van der Waals surface area contributed by atoms with Crippen LogP contribution in [0.5, 0.6) is 0 Å². The van der Waals surface area contributed by atoms with Crippen LogP contribution in [0.4, 0.5) is 0 Å². The van der Waals surface area contributed by atoms with Crippen LogP contribution in [0.15, 0.2) is 0 Å². The summed E-state index contributed by atoms with van der Waals surface area (Å²) in [7, 11) is 0. The van der Waals surface area contributed by atoms with E-state index in [1.807, 2.05) is 0 Å². The molecule has 7 heteroatoms. The molecule has 0 aromatic carbocycles. The van der Waals surface area contributed by atoms with Crippen molar-refractivity contribution in [3.05, 3.63) is 0 Å². The molecule has 1 aliphatic heterocycles. The molecule has 1 heterocycles. The Labute approximate surface area is 86.3 Å². The van der Waals surface area contributed by atoms with Gasteiger partial charge in [-0.2, -0.15) is 0 Å². The summed E-state index contributed by atoms with van der Waals surface area (Å²) in [6, 6.07) is -1.10. The molecule has 1 rings (SSSR count). The van der Waals surface area contributed by atoms with Gasteiger partial charge in [0.25, 0.3) is 0 Å². The average molecular weight is 221 g/mol. The SMILES string of the molecule is CC(=O)N[C@@H]1C(O)O[C@@H](CO)[C@@H](O)[C@@H]1O. The number of ether oxygens (including phenoxy) is 1. The zero-order valence-electron chi connectivity index (χ0n) is 8.20. The second-order valence-electron chi connectivity index (χ2n) is 3.46. The Morgan fingerprint density at radius 3 is 2.40 bits per heavy atom. The Kier molecular flexibility index (Phi) is 4.00. The van der Waals surface area contributed by atoms with E-state index in [4.69, 9.17) is 9.84 Å². The maximum atomic E-state index is 10.7. The first-order chi connectivity index (χ1) is 6.97. The van der Waals surface area contributed by atoms with E-state index in [-0.39, 0.29) is 0 Å². The van der Waals surface area contributed by atoms with Crippen molar-refractivity contribution < 1.29 is 30.0 Å². The highest BCUT2D eigenvalue weighted by molar-refractivity contribution is 5.73. The number of aliphatic hydroxyl groups excluding tert-OH is 4. The van der Waals surface area contributed by atoms with E-state index in [1.54, 1.807) is 0 Å². The summed E-state index contributed by atoms with van der Waals surface area (Å²) in [5.41, 5.74) is 0. The zero-order valence-corrected chi connectivity index (χ0v) is 8.20. The Morgan fingerprint density at radius 2 is 1.93 bits per heavy atom. The first-order valence-electron chi connectivity index (χ1n) is 4.55. The van der Waals surface area contributed by atoms with Crippen LogP contribution in [0, 0.1) is 0 Å². The second kappa shape index (κ2) is 4.86. The van der Waals surface area contributed by atoms with E-state index in [0.29, 0.717) is 0 Å². The van der Waals surface area contributed by atoms with Gasteiger partial charge in [-0.05, 0) is 0 Å². The minimum Gasteiger partial charge on any atom is -0.394 e. The predicted octanol–water partition coefficient (Wildman–Crippen LogP) is -3.08. The minimum atomic E-state index is -1.45. The summed E-state index contributed by atoms with van der Waals surface area (Å²) in [6.45, 7) is 0.687. The number of carbonyl (C=O) groups excluding carboxylic acids is 1. The van der Waals surface area contributed by atoms with E-state index in [9.17, 15) is 20.1 Å². The fourth-order valence-corrected chi connectivity index (χ4v) is 1.49. The van der Waals surface area contributed by atoms with E-state index < -0.39 is 43.2 Å². The van der Waals surface area contributed by atoms with Crippen LogP contribution in [0.1, 0.15) is 6.92 Å². The standard InChI is InChI=1S/C8H15NO6/c1-3(11)9-5-7(13)6(12)4(2-10)15-8(5)14/h4-8,10,12-14H,2H2,1H3,(H,9,11)/t4-,5-,6+,7+,8?/m0/s1. The van der Waals surface area contributed by atoms with Crippen LogP contribution in [0.25, 0.3) is 0 Å². The van der Waals surface area contributed by atoms with Gasteiger partial charge in [-0.25, -0.2) is 0 Å². The van der Waals surface area contributed by atoms with E-state index in [1.165, 1.54) is 6.92 Å². The highest BCUT2D eigenvalue weighted by Crippen LogP contribution is 2.19. The van der Waals surface area contributed by atoms with Crippen molar-refractivity contribution in [2.45, 2.75) is 37.6 Å². The number of hydrogen-bond donors (Lipinski definition) is 5. The molecule has 0 aliphatic carbocycles. The largest absolute Gasteiger partial charge is 0.394 e. The summed E-state index contributed by atoms with van der Waals surface area (Å²) in [6.07, 6.45) is -5.24. The number of carbonyl (C=O) groups is 1. The van der Waals surface area contributed by atoms with Gasteiger partial charge in [-0.15, -0.1) is 0 Å². The molecule has 1 saturated heterocycles. The molecule has 88 valence electrons. The summed E-state index contributed by atoms with van der Waals surface area (Å²) in [5, 5.41) is 39.4. The first-order valence-corrected chi connectivity index (χ1v) is 4.55. The molecule has 0 aromatic rings. The van der Waals surface area contributed by atoms with Gasteiger partial charge >= 0.3 is 0 Å². The van der Waals surface area contributed by atoms with Gasteiger partial charge in [0.15, 0.2) is 6.29 Å². The molecule has 5 N–H and O–H groups in total. The van der Waals surface area contributed by atoms with E-state index in [0.717, 1.165) is 0 Å². The molecule has 1 amide bonds. The quantitative estimate of drug-likeness (QED) is 0.337. The second-order valence-corrected chi connectivity index (χ2v) is 3.46. The van der Waals surface area contributed by atoms with Gasteiger partial charge in [-0.1, -0.05) is 0 Å². The molecule has 0 radical (unpaired) electrons. The topological polar surface area (TPSA) is 119 Å².